The van der Waals surface area contributed by atoms with Gasteiger partial charge in [0.15, 0.2) is 0 Å². The molecular formula is C19H20. The van der Waals surface area contributed by atoms with Crippen LogP contribution in [-0.2, 0) is 6.42 Å². The summed E-state index contributed by atoms with van der Waals surface area (Å²) in [6.45, 7) is 2.37. The monoisotopic (exact) mass is 249 g/mol. The second-order valence-corrected chi connectivity index (χ2v) is 5.81. The molecule has 19 heavy (non-hydrogen) atoms. The van der Waals surface area contributed by atoms with Crippen LogP contribution in [0.2, 0.25) is 0 Å². The largest absolute Gasteiger partial charge is 0.0616 e. The summed E-state index contributed by atoms with van der Waals surface area (Å²) in [5, 5.41) is 5.63. The Balaban J connectivity index is 0.00000121. The van der Waals surface area contributed by atoms with E-state index in [0.717, 1.165) is 5.92 Å². The molecule has 96 valence electrons. The fraction of sp³-hybridized carbons (Fsp3) is 0.263. The fourth-order valence-electron chi connectivity index (χ4n) is 3.65. The van der Waals surface area contributed by atoms with Crippen molar-refractivity contribution in [3.63, 3.8) is 0 Å². The van der Waals surface area contributed by atoms with Gasteiger partial charge in [0.1, 0.15) is 0 Å². The highest BCUT2D eigenvalue weighted by Crippen LogP contribution is 2.37. The predicted molar refractivity (Wildman–Crippen MR) is 84.9 cm³/mol. The number of rotatable bonds is 0. The van der Waals surface area contributed by atoms with Crippen LogP contribution in [0.4, 0.5) is 0 Å². The zero-order chi connectivity index (χ0) is 12.8. The molecule has 1 atom stereocenters. The van der Waals surface area contributed by atoms with Gasteiger partial charge in [-0.15, -0.1) is 0 Å². The third-order valence-corrected chi connectivity index (χ3v) is 4.67. The van der Waals surface area contributed by atoms with Gasteiger partial charge in [0.05, 0.1) is 0 Å². The Labute approximate surface area is 115 Å². The van der Waals surface area contributed by atoms with E-state index in [4.69, 9.17) is 0 Å². The summed E-state index contributed by atoms with van der Waals surface area (Å²) in [6.07, 6.45) is 3.92. The molecule has 0 saturated heterocycles. The zero-order valence-corrected chi connectivity index (χ0v) is 11.3. The van der Waals surface area contributed by atoms with Crippen LogP contribution in [0.15, 0.2) is 48.5 Å². The number of hydrogen-bond acceptors (Lipinski definition) is 0. The molecule has 0 bridgehead atoms. The topological polar surface area (TPSA) is 0 Å². The lowest BCUT2D eigenvalue weighted by Gasteiger charge is -2.24. The first-order chi connectivity index (χ1) is 9.34. The van der Waals surface area contributed by atoms with E-state index in [-0.39, 0.29) is 1.43 Å². The molecule has 3 aromatic rings. The Bertz CT molecular complexity index is 773. The Kier molecular flexibility index (Phi) is 2.38. The smallest absolute Gasteiger partial charge is 0 e. The minimum absolute atomic E-state index is 0. The molecule has 1 aliphatic rings. The van der Waals surface area contributed by atoms with Gasteiger partial charge < -0.3 is 0 Å². The van der Waals surface area contributed by atoms with Gasteiger partial charge in [-0.3, -0.25) is 0 Å². The third kappa shape index (κ3) is 1.59. The molecule has 0 nitrogen and oxygen atoms in total. The third-order valence-electron chi connectivity index (χ3n) is 4.67. The fourth-order valence-corrected chi connectivity index (χ4v) is 3.65. The summed E-state index contributed by atoms with van der Waals surface area (Å²) < 4.78 is 0. The van der Waals surface area contributed by atoms with E-state index in [2.05, 4.69) is 55.5 Å². The Morgan fingerprint density at radius 1 is 0.895 bits per heavy atom. The first-order valence-corrected chi connectivity index (χ1v) is 7.28. The van der Waals surface area contributed by atoms with Crippen molar-refractivity contribution in [1.82, 2.24) is 0 Å². The van der Waals surface area contributed by atoms with E-state index in [9.17, 15) is 0 Å². The van der Waals surface area contributed by atoms with E-state index in [0.29, 0.717) is 0 Å². The maximum atomic E-state index is 2.37. The minimum Gasteiger partial charge on any atom is -0.0616 e. The molecule has 0 N–H and O–H groups in total. The van der Waals surface area contributed by atoms with E-state index >= 15 is 0 Å². The van der Waals surface area contributed by atoms with Gasteiger partial charge in [-0.25, -0.2) is 0 Å². The highest BCUT2D eigenvalue weighted by Gasteiger charge is 2.18. The Hall–Kier alpha value is -1.82. The number of fused-ring (bicyclic) bond motifs is 5. The molecule has 1 unspecified atom stereocenters. The maximum Gasteiger partial charge on any atom is 0 e. The van der Waals surface area contributed by atoms with Crippen molar-refractivity contribution in [3.05, 3.63) is 59.7 Å². The quantitative estimate of drug-likeness (QED) is 0.450. The number of aryl methyl sites for hydroxylation is 1. The average Bonchev–Trinajstić information content (AvgIpc) is 2.47. The molecule has 3 aromatic carbocycles. The first kappa shape index (κ1) is 11.0. The van der Waals surface area contributed by atoms with Gasteiger partial charge in [0, 0.05) is 1.43 Å². The van der Waals surface area contributed by atoms with Crippen molar-refractivity contribution < 1.29 is 1.43 Å². The minimum atomic E-state index is 0. The van der Waals surface area contributed by atoms with Crippen LogP contribution in [0.3, 0.4) is 0 Å². The highest BCUT2D eigenvalue weighted by molar-refractivity contribution is 6.08. The second kappa shape index (κ2) is 4.09. The average molecular weight is 249 g/mol. The second-order valence-electron chi connectivity index (χ2n) is 5.81. The maximum absolute atomic E-state index is 2.37. The van der Waals surface area contributed by atoms with Gasteiger partial charge in [0.25, 0.3) is 0 Å². The van der Waals surface area contributed by atoms with E-state index < -0.39 is 0 Å². The predicted octanol–water partition coefficient (Wildman–Crippen LogP) is 5.68. The van der Waals surface area contributed by atoms with E-state index in [1.54, 1.807) is 11.1 Å². The molecule has 0 spiro atoms. The van der Waals surface area contributed by atoms with Gasteiger partial charge in [-0.1, -0.05) is 55.5 Å². The lowest BCUT2D eigenvalue weighted by Crippen LogP contribution is -2.07. The summed E-state index contributed by atoms with van der Waals surface area (Å²) in [7, 11) is 0. The van der Waals surface area contributed by atoms with Gasteiger partial charge in [-0.2, -0.15) is 0 Å². The van der Waals surface area contributed by atoms with Crippen LogP contribution in [0.25, 0.3) is 21.5 Å². The molecular weight excluding hydrogens is 228 g/mol. The van der Waals surface area contributed by atoms with Crippen molar-refractivity contribution >= 4 is 21.5 Å². The summed E-state index contributed by atoms with van der Waals surface area (Å²) in [4.78, 5) is 0. The standard InChI is InChI=1S/C19H18.H2/c1-13-5-4-8-17-15(13)11-12-18-16-7-3-2-6-14(16)9-10-19(17)18;/h2-3,6-7,9-13H,4-5,8H2,1H3;1H/i;1+1. The van der Waals surface area contributed by atoms with Crippen molar-refractivity contribution in [2.75, 3.05) is 0 Å². The molecule has 1 aliphatic carbocycles. The molecule has 4 rings (SSSR count). The molecule has 0 fully saturated rings. The molecule has 0 aromatic heterocycles. The van der Waals surface area contributed by atoms with E-state index in [1.165, 1.54) is 40.8 Å². The van der Waals surface area contributed by atoms with Crippen LogP contribution >= 0.6 is 0 Å². The number of benzene rings is 3. The summed E-state index contributed by atoms with van der Waals surface area (Å²) in [5.74, 6) is 0.722. The Morgan fingerprint density at radius 3 is 2.68 bits per heavy atom. The van der Waals surface area contributed by atoms with Crippen LogP contribution in [0, 0.1) is 0 Å². The Morgan fingerprint density at radius 2 is 1.74 bits per heavy atom. The zero-order valence-electron chi connectivity index (χ0n) is 11.3. The van der Waals surface area contributed by atoms with Crippen LogP contribution in [0.1, 0.15) is 38.2 Å². The van der Waals surface area contributed by atoms with Crippen molar-refractivity contribution in [2.45, 2.75) is 32.1 Å². The van der Waals surface area contributed by atoms with Gasteiger partial charge in [-0.05, 0) is 57.9 Å². The summed E-state index contributed by atoms with van der Waals surface area (Å²) >= 11 is 0. The highest BCUT2D eigenvalue weighted by atomic mass is 14.2. The van der Waals surface area contributed by atoms with Crippen molar-refractivity contribution in [3.8, 4) is 0 Å². The van der Waals surface area contributed by atoms with Crippen LogP contribution < -0.4 is 0 Å². The molecule has 0 aliphatic heterocycles. The molecule has 0 heterocycles. The summed E-state index contributed by atoms with van der Waals surface area (Å²) in [5.41, 5.74) is 3.18. The SMILES string of the molecule is CC1CCCc2c1ccc1c2ccc2ccccc21.[2HH]. The molecule has 0 radical (unpaired) electrons. The molecule has 0 saturated carbocycles. The lowest BCUT2D eigenvalue weighted by molar-refractivity contribution is 0.593. The van der Waals surface area contributed by atoms with Crippen molar-refractivity contribution in [1.29, 1.82) is 0 Å². The molecule has 0 heteroatoms. The number of hydrogen-bond donors (Lipinski definition) is 0. The normalized spacial score (nSPS) is 18.7. The van der Waals surface area contributed by atoms with Crippen LogP contribution in [0.5, 0.6) is 0 Å². The van der Waals surface area contributed by atoms with Gasteiger partial charge >= 0.3 is 0 Å². The first-order valence-electron chi connectivity index (χ1n) is 7.28. The lowest BCUT2D eigenvalue weighted by atomic mass is 9.81. The van der Waals surface area contributed by atoms with Gasteiger partial charge in [0.2, 0.25) is 0 Å². The van der Waals surface area contributed by atoms with Crippen molar-refractivity contribution in [2.24, 2.45) is 0 Å². The molecule has 0 amide bonds. The van der Waals surface area contributed by atoms with E-state index in [1.807, 2.05) is 0 Å². The summed E-state index contributed by atoms with van der Waals surface area (Å²) in [6, 6.07) is 18.0. The van der Waals surface area contributed by atoms with Crippen LogP contribution in [-0.4, -0.2) is 0 Å².